The third-order valence-corrected chi connectivity index (χ3v) is 2.14. The Labute approximate surface area is 96.6 Å². The van der Waals surface area contributed by atoms with E-state index in [9.17, 15) is 22.4 Å². The number of nitrogens with zero attached hydrogens (tertiary/aromatic N) is 3. The summed E-state index contributed by atoms with van der Waals surface area (Å²) in [6, 6.07) is 1.58. The fourth-order valence-corrected chi connectivity index (χ4v) is 1.47. The maximum absolute atomic E-state index is 13.5. The number of fused-ring (bicyclic) bond motifs is 1. The van der Waals surface area contributed by atoms with E-state index in [2.05, 4.69) is 10.3 Å². The van der Waals surface area contributed by atoms with Gasteiger partial charge >= 0.3 is 12.1 Å². The summed E-state index contributed by atoms with van der Waals surface area (Å²) < 4.78 is 50.4. The molecule has 18 heavy (non-hydrogen) atoms. The number of rotatable bonds is 2. The van der Waals surface area contributed by atoms with Gasteiger partial charge in [-0.05, 0) is 12.1 Å². The van der Waals surface area contributed by atoms with Crippen LogP contribution in [0.15, 0.2) is 12.1 Å². The third-order valence-electron chi connectivity index (χ3n) is 2.14. The van der Waals surface area contributed by atoms with Crippen molar-refractivity contribution in [3.8, 4) is 0 Å². The van der Waals surface area contributed by atoms with Gasteiger partial charge in [-0.1, -0.05) is 5.21 Å². The molecule has 0 amide bonds. The maximum atomic E-state index is 13.5. The molecule has 1 aromatic carbocycles. The molecule has 2 rings (SSSR count). The molecule has 0 bridgehead atoms. The molecule has 0 aliphatic heterocycles. The Bertz CT molecular complexity index is 620. The van der Waals surface area contributed by atoms with E-state index in [1.807, 2.05) is 0 Å². The fraction of sp³-hybridized carbons (Fsp3) is 0.222. The molecule has 0 saturated heterocycles. The highest BCUT2D eigenvalue weighted by Gasteiger charge is 2.30. The average molecular weight is 263 g/mol. The molecule has 0 aliphatic carbocycles. The second kappa shape index (κ2) is 3.93. The first-order valence-electron chi connectivity index (χ1n) is 4.61. The second-order valence-electron chi connectivity index (χ2n) is 3.49. The summed E-state index contributed by atoms with van der Waals surface area (Å²) >= 11 is 0. The van der Waals surface area contributed by atoms with Crippen LogP contribution in [0, 0.1) is 5.82 Å². The fourth-order valence-electron chi connectivity index (χ4n) is 1.47. The normalized spacial score (nSPS) is 12.0. The first kappa shape index (κ1) is 12.3. The Balaban J connectivity index is 2.57. The minimum Gasteiger partial charge on any atom is -0.478 e. The lowest BCUT2D eigenvalue weighted by Crippen LogP contribution is -2.19. The van der Waals surface area contributed by atoms with Crippen molar-refractivity contribution >= 4 is 17.0 Å². The molecule has 0 atom stereocenters. The van der Waals surface area contributed by atoms with E-state index < -0.39 is 35.6 Å². The number of benzene rings is 1. The Morgan fingerprint density at radius 1 is 1.39 bits per heavy atom. The SMILES string of the molecule is O=C(O)c1cc(F)c2c(c1)nnn2CC(F)(F)F. The van der Waals surface area contributed by atoms with Gasteiger partial charge in [-0.25, -0.2) is 13.9 Å². The number of carbonyl (C=O) groups is 1. The van der Waals surface area contributed by atoms with Gasteiger partial charge < -0.3 is 5.11 Å². The van der Waals surface area contributed by atoms with E-state index in [1.54, 1.807) is 0 Å². The summed E-state index contributed by atoms with van der Waals surface area (Å²) in [5, 5.41) is 15.1. The molecule has 0 aliphatic rings. The molecular weight excluding hydrogens is 258 g/mol. The van der Waals surface area contributed by atoms with Gasteiger partial charge in [0.05, 0.1) is 5.56 Å². The summed E-state index contributed by atoms with van der Waals surface area (Å²) in [6.07, 6.45) is -4.57. The van der Waals surface area contributed by atoms with Crippen LogP contribution in [-0.2, 0) is 6.54 Å². The van der Waals surface area contributed by atoms with E-state index in [4.69, 9.17) is 5.11 Å². The van der Waals surface area contributed by atoms with Crippen molar-refractivity contribution in [3.63, 3.8) is 0 Å². The topological polar surface area (TPSA) is 68.0 Å². The number of halogens is 4. The van der Waals surface area contributed by atoms with Gasteiger partial charge in [-0.3, -0.25) is 0 Å². The first-order valence-corrected chi connectivity index (χ1v) is 4.61. The van der Waals surface area contributed by atoms with Crippen LogP contribution < -0.4 is 0 Å². The van der Waals surface area contributed by atoms with Crippen LogP contribution in [0.3, 0.4) is 0 Å². The minimum absolute atomic E-state index is 0.239. The summed E-state index contributed by atoms with van der Waals surface area (Å²) in [5.41, 5.74) is -1.12. The molecule has 1 aromatic heterocycles. The Hall–Kier alpha value is -2.19. The monoisotopic (exact) mass is 263 g/mol. The van der Waals surface area contributed by atoms with Crippen LogP contribution in [0.4, 0.5) is 17.6 Å². The Kier molecular flexibility index (Phi) is 2.68. The van der Waals surface area contributed by atoms with Crippen LogP contribution in [0.5, 0.6) is 0 Å². The summed E-state index contributed by atoms with van der Waals surface area (Å²) in [4.78, 5) is 10.6. The maximum Gasteiger partial charge on any atom is 0.408 e. The second-order valence-corrected chi connectivity index (χ2v) is 3.49. The number of hydrogen-bond donors (Lipinski definition) is 1. The van der Waals surface area contributed by atoms with Crippen LogP contribution in [0.2, 0.25) is 0 Å². The Morgan fingerprint density at radius 3 is 2.61 bits per heavy atom. The number of carboxylic acid groups (broad SMARTS) is 1. The van der Waals surface area contributed by atoms with Crippen molar-refractivity contribution < 1.29 is 27.5 Å². The van der Waals surface area contributed by atoms with Gasteiger partial charge in [0.25, 0.3) is 0 Å². The van der Waals surface area contributed by atoms with Crippen molar-refractivity contribution in [3.05, 3.63) is 23.5 Å². The average Bonchev–Trinajstić information content (AvgIpc) is 2.59. The molecule has 0 radical (unpaired) electrons. The number of aromatic carboxylic acids is 1. The molecule has 9 heteroatoms. The molecule has 5 nitrogen and oxygen atoms in total. The van der Waals surface area contributed by atoms with Crippen LogP contribution in [0.25, 0.3) is 11.0 Å². The van der Waals surface area contributed by atoms with Gasteiger partial charge in [-0.2, -0.15) is 13.2 Å². The zero-order chi connectivity index (χ0) is 13.5. The Morgan fingerprint density at radius 2 is 2.06 bits per heavy atom. The van der Waals surface area contributed by atoms with E-state index in [0.29, 0.717) is 10.7 Å². The molecule has 0 spiro atoms. The van der Waals surface area contributed by atoms with Gasteiger partial charge in [0, 0.05) is 0 Å². The lowest BCUT2D eigenvalue weighted by Gasteiger charge is -2.06. The van der Waals surface area contributed by atoms with E-state index in [0.717, 1.165) is 6.07 Å². The van der Waals surface area contributed by atoms with Crippen LogP contribution >= 0.6 is 0 Å². The quantitative estimate of drug-likeness (QED) is 0.839. The van der Waals surface area contributed by atoms with Crippen molar-refractivity contribution in [2.24, 2.45) is 0 Å². The molecule has 0 unspecified atom stereocenters. The van der Waals surface area contributed by atoms with Crippen molar-refractivity contribution in [2.75, 3.05) is 0 Å². The van der Waals surface area contributed by atoms with Gasteiger partial charge in [-0.15, -0.1) is 5.10 Å². The van der Waals surface area contributed by atoms with Crippen LogP contribution in [-0.4, -0.2) is 32.2 Å². The van der Waals surface area contributed by atoms with E-state index >= 15 is 0 Å². The molecule has 0 saturated carbocycles. The lowest BCUT2D eigenvalue weighted by atomic mass is 10.2. The largest absolute Gasteiger partial charge is 0.478 e. The number of hydrogen-bond acceptors (Lipinski definition) is 3. The molecule has 1 N–H and O–H groups in total. The smallest absolute Gasteiger partial charge is 0.408 e. The van der Waals surface area contributed by atoms with Crippen molar-refractivity contribution in [1.29, 1.82) is 0 Å². The number of alkyl halides is 3. The first-order chi connectivity index (χ1) is 8.28. The number of carboxylic acids is 1. The van der Waals surface area contributed by atoms with Crippen molar-refractivity contribution in [2.45, 2.75) is 12.7 Å². The van der Waals surface area contributed by atoms with Gasteiger partial charge in [0.2, 0.25) is 0 Å². The third kappa shape index (κ3) is 2.24. The minimum atomic E-state index is -4.57. The summed E-state index contributed by atoms with van der Waals surface area (Å²) in [6.45, 7) is -1.49. The zero-order valence-electron chi connectivity index (χ0n) is 8.57. The van der Waals surface area contributed by atoms with Crippen LogP contribution in [0.1, 0.15) is 10.4 Å². The van der Waals surface area contributed by atoms with E-state index in [1.165, 1.54) is 0 Å². The van der Waals surface area contributed by atoms with Crippen molar-refractivity contribution in [1.82, 2.24) is 15.0 Å². The van der Waals surface area contributed by atoms with E-state index in [-0.39, 0.29) is 5.52 Å². The van der Waals surface area contributed by atoms with Gasteiger partial charge in [0.15, 0.2) is 5.82 Å². The molecule has 96 valence electrons. The summed E-state index contributed by atoms with van der Waals surface area (Å²) in [5.74, 6) is -2.51. The molecule has 0 fully saturated rings. The lowest BCUT2D eigenvalue weighted by molar-refractivity contribution is -0.142. The highest BCUT2D eigenvalue weighted by molar-refractivity contribution is 5.92. The summed E-state index contributed by atoms with van der Waals surface area (Å²) in [7, 11) is 0. The number of aromatic nitrogens is 3. The standard InChI is InChI=1S/C9H5F4N3O2/c10-5-1-4(8(17)18)2-6-7(5)16(15-14-6)3-9(11,12)13/h1-2H,3H2,(H,17,18). The molecule has 1 heterocycles. The van der Waals surface area contributed by atoms with Gasteiger partial charge in [0.1, 0.15) is 17.6 Å². The highest BCUT2D eigenvalue weighted by atomic mass is 19.4. The zero-order valence-corrected chi connectivity index (χ0v) is 8.57. The predicted molar refractivity (Wildman–Crippen MR) is 50.5 cm³/mol. The molecule has 2 aromatic rings. The molecular formula is C9H5F4N3O2. The predicted octanol–water partition coefficient (Wildman–Crippen LogP) is 1.83. The highest BCUT2D eigenvalue weighted by Crippen LogP contribution is 2.23.